The summed E-state index contributed by atoms with van der Waals surface area (Å²) in [5, 5.41) is 0.710. The fourth-order valence-electron chi connectivity index (χ4n) is 0.931. The Kier molecular flexibility index (Phi) is 3.67. The average molecular weight is 186 g/mol. The van der Waals surface area contributed by atoms with Gasteiger partial charge in [0.05, 0.1) is 11.1 Å². The van der Waals surface area contributed by atoms with Crippen LogP contribution in [0.1, 0.15) is 26.7 Å². The third-order valence-electron chi connectivity index (χ3n) is 1.84. The van der Waals surface area contributed by atoms with E-state index in [2.05, 4.69) is 6.92 Å². The Morgan fingerprint density at radius 1 is 1.67 bits per heavy atom. The molecule has 2 heteroatoms. The molecule has 1 nitrogen and oxygen atoms in total. The smallest absolute Gasteiger partial charge is 0.134 e. The van der Waals surface area contributed by atoms with E-state index in [1.807, 2.05) is 25.5 Å². The number of ether oxygens (including phenoxy) is 1. The molecule has 0 spiro atoms. The van der Waals surface area contributed by atoms with Crippen LogP contribution in [0.5, 0.6) is 0 Å². The second kappa shape index (κ2) is 4.56. The molecule has 1 radical (unpaired) electrons. The largest absolute Gasteiger partial charge is 0.490 e. The van der Waals surface area contributed by atoms with E-state index in [-0.39, 0.29) is 6.10 Å². The molecule has 0 heterocycles. The van der Waals surface area contributed by atoms with E-state index in [1.165, 1.54) is 0 Å². The summed E-state index contributed by atoms with van der Waals surface area (Å²) in [5.41, 5.74) is 0. The fraction of sp³-hybridized carbons (Fsp3) is 0.500. The Morgan fingerprint density at radius 3 is 3.00 bits per heavy atom. The van der Waals surface area contributed by atoms with Gasteiger partial charge in [-0.25, -0.2) is 0 Å². The Balaban J connectivity index is 2.51. The molecule has 1 aliphatic rings. The normalized spacial score (nSPS) is 19.6. The van der Waals surface area contributed by atoms with Gasteiger partial charge >= 0.3 is 0 Å². The molecule has 0 saturated carbocycles. The number of hydrogen-bond acceptors (Lipinski definition) is 1. The predicted octanol–water partition coefficient (Wildman–Crippen LogP) is 3.42. The van der Waals surface area contributed by atoms with Crippen molar-refractivity contribution in [2.45, 2.75) is 32.8 Å². The van der Waals surface area contributed by atoms with Crippen LogP contribution in [0.3, 0.4) is 0 Å². The number of rotatable bonds is 3. The van der Waals surface area contributed by atoms with Crippen LogP contribution in [0.25, 0.3) is 0 Å². The number of halogens is 1. The Labute approximate surface area is 79.1 Å². The molecular formula is C10H14ClO. The van der Waals surface area contributed by atoms with Crippen LogP contribution in [0.2, 0.25) is 0 Å². The van der Waals surface area contributed by atoms with Crippen LogP contribution in [-0.4, -0.2) is 6.10 Å². The molecule has 12 heavy (non-hydrogen) atoms. The van der Waals surface area contributed by atoms with Gasteiger partial charge in [0.15, 0.2) is 0 Å². The van der Waals surface area contributed by atoms with E-state index in [1.54, 1.807) is 0 Å². The second-order valence-electron chi connectivity index (χ2n) is 2.89. The first-order valence-electron chi connectivity index (χ1n) is 4.30. The summed E-state index contributed by atoms with van der Waals surface area (Å²) < 4.78 is 5.59. The zero-order valence-electron chi connectivity index (χ0n) is 7.51. The van der Waals surface area contributed by atoms with Crippen molar-refractivity contribution in [3.8, 4) is 0 Å². The van der Waals surface area contributed by atoms with Crippen molar-refractivity contribution in [1.29, 1.82) is 0 Å². The molecule has 0 aliphatic heterocycles. The van der Waals surface area contributed by atoms with E-state index >= 15 is 0 Å². The van der Waals surface area contributed by atoms with E-state index < -0.39 is 0 Å². The van der Waals surface area contributed by atoms with Gasteiger partial charge in [-0.3, -0.25) is 0 Å². The molecule has 0 aromatic rings. The van der Waals surface area contributed by atoms with Gasteiger partial charge in [-0.1, -0.05) is 24.6 Å². The second-order valence-corrected chi connectivity index (χ2v) is 3.30. The van der Waals surface area contributed by atoms with Gasteiger partial charge in [-0.2, -0.15) is 0 Å². The Morgan fingerprint density at radius 2 is 2.42 bits per heavy atom. The maximum atomic E-state index is 5.92. The highest BCUT2D eigenvalue weighted by molar-refractivity contribution is 6.31. The van der Waals surface area contributed by atoms with E-state index in [0.29, 0.717) is 5.03 Å². The van der Waals surface area contributed by atoms with Gasteiger partial charge < -0.3 is 4.74 Å². The SMILES string of the molecule is CCC(C)OC1=CC[CH]C=C1Cl. The molecule has 1 atom stereocenters. The van der Waals surface area contributed by atoms with Crippen LogP contribution in [-0.2, 0) is 4.74 Å². The molecule has 0 N–H and O–H groups in total. The standard InChI is InChI=1S/C10H14ClO/c1-3-8(2)12-10-7-5-4-6-9(10)11/h4,6-8H,3,5H2,1-2H3. The summed E-state index contributed by atoms with van der Waals surface area (Å²) in [5.74, 6) is 0.827. The van der Waals surface area contributed by atoms with Gasteiger partial charge in [0, 0.05) is 0 Å². The maximum Gasteiger partial charge on any atom is 0.134 e. The summed E-state index contributed by atoms with van der Waals surface area (Å²) in [7, 11) is 0. The van der Waals surface area contributed by atoms with Crippen LogP contribution in [0, 0.1) is 6.42 Å². The highest BCUT2D eigenvalue weighted by Crippen LogP contribution is 2.24. The molecule has 0 saturated heterocycles. The maximum absolute atomic E-state index is 5.92. The highest BCUT2D eigenvalue weighted by Gasteiger charge is 2.10. The molecule has 67 valence electrons. The number of allylic oxidation sites excluding steroid dienone is 3. The Bertz CT molecular complexity index is 206. The summed E-state index contributed by atoms with van der Waals surface area (Å²) >= 11 is 5.92. The molecule has 0 amide bonds. The lowest BCUT2D eigenvalue weighted by Gasteiger charge is -2.17. The van der Waals surface area contributed by atoms with Crippen molar-refractivity contribution in [3.05, 3.63) is 29.4 Å². The quantitative estimate of drug-likeness (QED) is 0.655. The Hall–Kier alpha value is -0.430. The first kappa shape index (κ1) is 9.66. The van der Waals surface area contributed by atoms with Crippen molar-refractivity contribution < 1.29 is 4.74 Å². The number of hydrogen-bond donors (Lipinski definition) is 0. The lowest BCUT2D eigenvalue weighted by molar-refractivity contribution is 0.135. The van der Waals surface area contributed by atoms with Gasteiger partial charge in [-0.15, -0.1) is 0 Å². The van der Waals surface area contributed by atoms with Crippen molar-refractivity contribution in [3.63, 3.8) is 0 Å². The van der Waals surface area contributed by atoms with Crippen LogP contribution in [0.4, 0.5) is 0 Å². The first-order chi connectivity index (χ1) is 5.74. The van der Waals surface area contributed by atoms with Crippen molar-refractivity contribution in [1.82, 2.24) is 0 Å². The summed E-state index contributed by atoms with van der Waals surface area (Å²) in [6.45, 7) is 4.14. The minimum absolute atomic E-state index is 0.247. The summed E-state index contributed by atoms with van der Waals surface area (Å²) in [6.07, 6.45) is 8.09. The van der Waals surface area contributed by atoms with Crippen molar-refractivity contribution in [2.75, 3.05) is 0 Å². The molecule has 1 unspecified atom stereocenters. The molecule has 1 rings (SSSR count). The fourth-order valence-corrected chi connectivity index (χ4v) is 1.14. The van der Waals surface area contributed by atoms with Gasteiger partial charge in [0.25, 0.3) is 0 Å². The zero-order valence-corrected chi connectivity index (χ0v) is 8.27. The van der Waals surface area contributed by atoms with Crippen molar-refractivity contribution in [2.24, 2.45) is 0 Å². The summed E-state index contributed by atoms with van der Waals surface area (Å²) in [6, 6.07) is 0. The molecule has 0 aromatic heterocycles. The molecule has 0 bridgehead atoms. The zero-order chi connectivity index (χ0) is 8.97. The molecule has 0 fully saturated rings. The molecular weight excluding hydrogens is 172 g/mol. The summed E-state index contributed by atoms with van der Waals surface area (Å²) in [4.78, 5) is 0. The van der Waals surface area contributed by atoms with Gasteiger partial charge in [-0.05, 0) is 32.3 Å². The van der Waals surface area contributed by atoms with Crippen LogP contribution < -0.4 is 0 Å². The van der Waals surface area contributed by atoms with Crippen LogP contribution >= 0.6 is 11.6 Å². The van der Waals surface area contributed by atoms with Crippen molar-refractivity contribution >= 4 is 11.6 Å². The minimum Gasteiger partial charge on any atom is -0.490 e. The van der Waals surface area contributed by atoms with E-state index in [0.717, 1.165) is 18.6 Å². The van der Waals surface area contributed by atoms with Crippen LogP contribution in [0.15, 0.2) is 22.9 Å². The third kappa shape index (κ3) is 2.56. The highest BCUT2D eigenvalue weighted by atomic mass is 35.5. The van der Waals surface area contributed by atoms with E-state index in [4.69, 9.17) is 16.3 Å². The predicted molar refractivity (Wildman–Crippen MR) is 51.8 cm³/mol. The third-order valence-corrected chi connectivity index (χ3v) is 2.15. The molecule has 0 aromatic carbocycles. The monoisotopic (exact) mass is 185 g/mol. The molecule has 1 aliphatic carbocycles. The lowest BCUT2D eigenvalue weighted by atomic mass is 10.2. The average Bonchev–Trinajstić information content (AvgIpc) is 2.09. The first-order valence-corrected chi connectivity index (χ1v) is 4.68. The van der Waals surface area contributed by atoms with Gasteiger partial charge in [0.2, 0.25) is 0 Å². The topological polar surface area (TPSA) is 9.23 Å². The van der Waals surface area contributed by atoms with Gasteiger partial charge in [0.1, 0.15) is 5.76 Å². The minimum atomic E-state index is 0.247. The lowest BCUT2D eigenvalue weighted by Crippen LogP contribution is -2.07. The van der Waals surface area contributed by atoms with E-state index in [9.17, 15) is 0 Å².